The van der Waals surface area contributed by atoms with Crippen LogP contribution in [-0.4, -0.2) is 52.7 Å². The fraction of sp³-hybridized carbons (Fsp3) is 0.375. The third kappa shape index (κ3) is 6.07. The average molecular weight is 491 g/mol. The van der Waals surface area contributed by atoms with Crippen molar-refractivity contribution in [2.45, 2.75) is 36.7 Å². The van der Waals surface area contributed by atoms with Crippen molar-refractivity contribution < 1.29 is 24.2 Å². The van der Waals surface area contributed by atoms with E-state index in [1.54, 1.807) is 43.0 Å². The van der Waals surface area contributed by atoms with E-state index in [0.717, 1.165) is 10.5 Å². The molecular formula is C24H27ClN2O5S. The van der Waals surface area contributed by atoms with Gasteiger partial charge in [-0.25, -0.2) is 0 Å². The van der Waals surface area contributed by atoms with Crippen LogP contribution in [-0.2, 0) is 20.9 Å². The lowest BCUT2D eigenvalue weighted by Crippen LogP contribution is -2.73. The quantitative estimate of drug-likeness (QED) is 0.226. The van der Waals surface area contributed by atoms with Crippen molar-refractivity contribution in [3.05, 3.63) is 59.1 Å². The van der Waals surface area contributed by atoms with Crippen molar-refractivity contribution in [3.63, 3.8) is 0 Å². The monoisotopic (exact) mass is 490 g/mol. The Balaban J connectivity index is 1.73. The molecule has 1 aliphatic rings. The number of benzene rings is 2. The molecule has 33 heavy (non-hydrogen) atoms. The predicted octanol–water partition coefficient (Wildman–Crippen LogP) is 3.84. The van der Waals surface area contributed by atoms with E-state index in [0.29, 0.717) is 30.3 Å². The number of halogens is 1. The standard InChI is InChI=1S/C24H27ClN2O5S/c1-24(23(31)26-13-3-4-21(28)29)20(15-27(24)14-16-5-7-17(25)8-6-16)22(30)32-18-9-11-19(33-2)12-10-18/h5-12,20H,3-4,13-15H2,1-2H3,(H,26,31)(H,28,29). The molecule has 2 aromatic rings. The van der Waals surface area contributed by atoms with E-state index >= 15 is 0 Å². The van der Waals surface area contributed by atoms with Gasteiger partial charge in [-0.15, -0.1) is 11.8 Å². The Hall–Kier alpha value is -2.55. The van der Waals surface area contributed by atoms with Crippen LogP contribution in [0.4, 0.5) is 0 Å². The Morgan fingerprint density at radius 3 is 2.45 bits per heavy atom. The molecule has 0 aliphatic carbocycles. The van der Waals surface area contributed by atoms with Gasteiger partial charge in [0.05, 0.1) is 5.92 Å². The van der Waals surface area contributed by atoms with Gasteiger partial charge in [-0.3, -0.25) is 19.3 Å². The van der Waals surface area contributed by atoms with Gasteiger partial charge in [0.1, 0.15) is 11.3 Å². The van der Waals surface area contributed by atoms with Crippen LogP contribution in [0.1, 0.15) is 25.3 Å². The van der Waals surface area contributed by atoms with Gasteiger partial charge >= 0.3 is 11.9 Å². The SMILES string of the molecule is CSc1ccc(OC(=O)C2CN(Cc3ccc(Cl)cc3)C2(C)C(=O)NCCCC(=O)O)cc1. The highest BCUT2D eigenvalue weighted by Gasteiger charge is 2.59. The molecule has 0 aromatic heterocycles. The second-order valence-electron chi connectivity index (χ2n) is 8.06. The number of carboxylic acids is 1. The third-order valence-corrected chi connectivity index (χ3v) is 6.90. The molecule has 1 heterocycles. The normalized spacial score (nSPS) is 20.0. The van der Waals surface area contributed by atoms with Gasteiger partial charge in [0.25, 0.3) is 0 Å². The molecular weight excluding hydrogens is 464 g/mol. The van der Waals surface area contributed by atoms with Gasteiger partial charge in [-0.05, 0) is 61.6 Å². The van der Waals surface area contributed by atoms with Gasteiger partial charge in [0.2, 0.25) is 5.91 Å². The summed E-state index contributed by atoms with van der Waals surface area (Å²) in [6, 6.07) is 14.5. The number of hydrogen-bond donors (Lipinski definition) is 2. The molecule has 0 bridgehead atoms. The maximum Gasteiger partial charge on any atom is 0.318 e. The highest BCUT2D eigenvalue weighted by atomic mass is 35.5. The molecule has 9 heteroatoms. The molecule has 7 nitrogen and oxygen atoms in total. The Kier molecular flexibility index (Phi) is 8.40. The lowest BCUT2D eigenvalue weighted by molar-refractivity contribution is -0.171. The lowest BCUT2D eigenvalue weighted by atomic mass is 9.74. The Morgan fingerprint density at radius 1 is 1.18 bits per heavy atom. The summed E-state index contributed by atoms with van der Waals surface area (Å²) < 4.78 is 5.58. The summed E-state index contributed by atoms with van der Waals surface area (Å²) in [5.74, 6) is -1.95. The molecule has 2 unspecified atom stereocenters. The van der Waals surface area contributed by atoms with Crippen molar-refractivity contribution in [2.24, 2.45) is 5.92 Å². The van der Waals surface area contributed by atoms with Crippen molar-refractivity contribution in [1.29, 1.82) is 0 Å². The van der Waals surface area contributed by atoms with E-state index in [2.05, 4.69) is 5.32 Å². The van der Waals surface area contributed by atoms with E-state index in [1.165, 1.54) is 0 Å². The molecule has 2 atom stereocenters. The maximum atomic E-state index is 13.2. The highest BCUT2D eigenvalue weighted by molar-refractivity contribution is 7.98. The molecule has 0 spiro atoms. The van der Waals surface area contributed by atoms with Crippen molar-refractivity contribution in [1.82, 2.24) is 10.2 Å². The van der Waals surface area contributed by atoms with Crippen LogP contribution < -0.4 is 10.1 Å². The molecule has 1 fully saturated rings. The van der Waals surface area contributed by atoms with Crippen LogP contribution in [0.15, 0.2) is 53.4 Å². The molecule has 2 aromatic carbocycles. The number of thioether (sulfide) groups is 1. The van der Waals surface area contributed by atoms with E-state index in [1.807, 2.05) is 35.4 Å². The maximum absolute atomic E-state index is 13.2. The van der Waals surface area contributed by atoms with Crippen LogP contribution in [0.5, 0.6) is 5.75 Å². The largest absolute Gasteiger partial charge is 0.481 e. The summed E-state index contributed by atoms with van der Waals surface area (Å²) in [5.41, 5.74) is -0.164. The number of rotatable bonds is 10. The van der Waals surface area contributed by atoms with Crippen LogP contribution in [0.25, 0.3) is 0 Å². The fourth-order valence-electron chi connectivity index (χ4n) is 3.79. The lowest BCUT2D eigenvalue weighted by Gasteiger charge is -2.54. The number of esters is 1. The van der Waals surface area contributed by atoms with Gasteiger partial charge in [0, 0.05) is 36.0 Å². The van der Waals surface area contributed by atoms with E-state index in [4.69, 9.17) is 21.4 Å². The predicted molar refractivity (Wildman–Crippen MR) is 127 cm³/mol. The minimum Gasteiger partial charge on any atom is -0.481 e. The first-order valence-electron chi connectivity index (χ1n) is 10.6. The summed E-state index contributed by atoms with van der Waals surface area (Å²) in [5, 5.41) is 12.2. The zero-order valence-electron chi connectivity index (χ0n) is 18.5. The summed E-state index contributed by atoms with van der Waals surface area (Å²) in [7, 11) is 0. The molecule has 1 amide bonds. The molecule has 176 valence electrons. The Bertz CT molecular complexity index is 999. The van der Waals surface area contributed by atoms with E-state index in [-0.39, 0.29) is 18.9 Å². The number of carbonyl (C=O) groups is 3. The minimum atomic E-state index is -1.13. The molecule has 1 aliphatic heterocycles. The van der Waals surface area contributed by atoms with Gasteiger partial charge < -0.3 is 15.2 Å². The number of amides is 1. The average Bonchev–Trinajstić information content (AvgIpc) is 2.79. The molecule has 0 saturated carbocycles. The number of hydrogen-bond acceptors (Lipinski definition) is 6. The van der Waals surface area contributed by atoms with Crippen LogP contribution >= 0.6 is 23.4 Å². The first-order valence-corrected chi connectivity index (χ1v) is 12.2. The Morgan fingerprint density at radius 2 is 1.85 bits per heavy atom. The number of nitrogens with one attached hydrogen (secondary N) is 1. The van der Waals surface area contributed by atoms with E-state index in [9.17, 15) is 14.4 Å². The summed E-state index contributed by atoms with van der Waals surface area (Å²) in [6.07, 6.45) is 2.24. The van der Waals surface area contributed by atoms with Gasteiger partial charge in [-0.1, -0.05) is 23.7 Å². The van der Waals surface area contributed by atoms with E-state index < -0.39 is 23.4 Å². The summed E-state index contributed by atoms with van der Waals surface area (Å²) in [4.78, 5) is 39.9. The van der Waals surface area contributed by atoms with Crippen molar-refractivity contribution in [3.8, 4) is 5.75 Å². The van der Waals surface area contributed by atoms with Crippen LogP contribution in [0, 0.1) is 5.92 Å². The molecule has 1 saturated heterocycles. The van der Waals surface area contributed by atoms with Crippen LogP contribution in [0.2, 0.25) is 5.02 Å². The minimum absolute atomic E-state index is 0.0387. The highest BCUT2D eigenvalue weighted by Crippen LogP contribution is 2.39. The zero-order chi connectivity index (χ0) is 24.0. The summed E-state index contributed by atoms with van der Waals surface area (Å²) >= 11 is 7.56. The first-order chi connectivity index (χ1) is 15.7. The smallest absolute Gasteiger partial charge is 0.318 e. The van der Waals surface area contributed by atoms with Gasteiger partial charge in [-0.2, -0.15) is 0 Å². The second kappa shape index (κ2) is 11.0. The summed E-state index contributed by atoms with van der Waals surface area (Å²) in [6.45, 7) is 2.76. The Labute approximate surface area is 202 Å². The fourth-order valence-corrected chi connectivity index (χ4v) is 4.33. The molecule has 2 N–H and O–H groups in total. The third-order valence-electron chi connectivity index (χ3n) is 5.90. The molecule has 0 radical (unpaired) electrons. The number of carboxylic acid groups (broad SMARTS) is 1. The second-order valence-corrected chi connectivity index (χ2v) is 9.37. The number of ether oxygens (including phenoxy) is 1. The van der Waals surface area contributed by atoms with Crippen molar-refractivity contribution in [2.75, 3.05) is 19.3 Å². The zero-order valence-corrected chi connectivity index (χ0v) is 20.1. The number of likely N-dealkylation sites (tertiary alicyclic amines) is 1. The first kappa shape index (κ1) is 25.1. The van der Waals surface area contributed by atoms with Gasteiger partial charge in [0.15, 0.2) is 0 Å². The number of carbonyl (C=O) groups excluding carboxylic acids is 2. The topological polar surface area (TPSA) is 95.9 Å². The van der Waals surface area contributed by atoms with Crippen LogP contribution in [0.3, 0.4) is 0 Å². The molecule has 3 rings (SSSR count). The van der Waals surface area contributed by atoms with Crippen molar-refractivity contribution >= 4 is 41.2 Å². The number of nitrogens with zero attached hydrogens (tertiary/aromatic N) is 1. The number of aliphatic carboxylic acids is 1.